The van der Waals surface area contributed by atoms with Crippen molar-refractivity contribution in [2.24, 2.45) is 0 Å². The van der Waals surface area contributed by atoms with E-state index in [-0.39, 0.29) is 11.9 Å². The molecule has 2 aromatic heterocycles. The average Bonchev–Trinajstić information content (AvgIpc) is 3.72. The van der Waals surface area contributed by atoms with E-state index in [4.69, 9.17) is 4.74 Å². The summed E-state index contributed by atoms with van der Waals surface area (Å²) in [6.07, 6.45) is 4.41. The molecule has 0 unspecified atom stereocenters. The lowest BCUT2D eigenvalue weighted by atomic mass is 9.89. The standard InChI is InChI=1S/C27H31N7O3/c1-27(2,25(36)37-3)21-5-4-6-22(32-21)33-23-20(24(35)30-18-9-10-18)15-29-26(34-23)31-19-8-7-17-14-28-12-11-16(17)13-19/h4-8,13,15,18,28H,9-12,14H2,1-3H3,(H,30,35)(H2,29,31,32,33,34). The van der Waals surface area contributed by atoms with Crippen molar-refractivity contribution < 1.29 is 14.3 Å². The number of amides is 1. The molecule has 0 bridgehead atoms. The van der Waals surface area contributed by atoms with Crippen LogP contribution in [0.3, 0.4) is 0 Å². The fraction of sp³-hybridized carbons (Fsp3) is 0.370. The summed E-state index contributed by atoms with van der Waals surface area (Å²) in [6.45, 7) is 5.32. The Balaban J connectivity index is 1.44. The van der Waals surface area contributed by atoms with E-state index in [0.29, 0.717) is 28.8 Å². The Labute approximate surface area is 215 Å². The Morgan fingerprint density at radius 3 is 2.70 bits per heavy atom. The minimum absolute atomic E-state index is 0.186. The van der Waals surface area contributed by atoms with Crippen LogP contribution in [-0.2, 0) is 27.9 Å². The van der Waals surface area contributed by atoms with Gasteiger partial charge in [0.2, 0.25) is 5.95 Å². The number of pyridine rings is 1. The predicted octanol–water partition coefficient (Wildman–Crippen LogP) is 3.35. The quantitative estimate of drug-likeness (QED) is 0.343. The Hall–Kier alpha value is -4.05. The second-order valence-corrected chi connectivity index (χ2v) is 9.89. The van der Waals surface area contributed by atoms with Crippen molar-refractivity contribution in [3.63, 3.8) is 0 Å². The summed E-state index contributed by atoms with van der Waals surface area (Å²) in [4.78, 5) is 38.9. The number of fused-ring (bicyclic) bond motifs is 1. The first-order valence-electron chi connectivity index (χ1n) is 12.4. The van der Waals surface area contributed by atoms with Gasteiger partial charge in [-0.1, -0.05) is 12.1 Å². The number of ether oxygens (including phenoxy) is 1. The topological polar surface area (TPSA) is 130 Å². The van der Waals surface area contributed by atoms with E-state index in [1.807, 2.05) is 6.07 Å². The van der Waals surface area contributed by atoms with Crippen molar-refractivity contribution in [2.45, 2.75) is 51.1 Å². The molecule has 1 aromatic carbocycles. The fourth-order valence-corrected chi connectivity index (χ4v) is 4.21. The molecule has 0 atom stereocenters. The molecular formula is C27H31N7O3. The van der Waals surface area contributed by atoms with Crippen LogP contribution in [0.5, 0.6) is 0 Å². The highest BCUT2D eigenvalue weighted by Crippen LogP contribution is 2.27. The maximum absolute atomic E-state index is 13.0. The smallest absolute Gasteiger partial charge is 0.317 e. The molecule has 37 heavy (non-hydrogen) atoms. The third-order valence-corrected chi connectivity index (χ3v) is 6.63. The SMILES string of the molecule is COC(=O)C(C)(C)c1cccc(Nc2nc(Nc3ccc4c(c3)CCNC4)ncc2C(=O)NC2CC2)n1. The van der Waals surface area contributed by atoms with Gasteiger partial charge in [0.05, 0.1) is 12.8 Å². The van der Waals surface area contributed by atoms with E-state index in [1.165, 1.54) is 24.4 Å². The maximum Gasteiger partial charge on any atom is 0.317 e. The summed E-state index contributed by atoms with van der Waals surface area (Å²) in [5.41, 5.74) is 3.35. The minimum Gasteiger partial charge on any atom is -0.468 e. The van der Waals surface area contributed by atoms with Crippen molar-refractivity contribution >= 4 is 35.1 Å². The van der Waals surface area contributed by atoms with Gasteiger partial charge in [-0.2, -0.15) is 4.98 Å². The highest BCUT2D eigenvalue weighted by Gasteiger charge is 2.33. The van der Waals surface area contributed by atoms with Crippen molar-refractivity contribution in [2.75, 3.05) is 24.3 Å². The first-order valence-corrected chi connectivity index (χ1v) is 12.4. The van der Waals surface area contributed by atoms with Crippen LogP contribution in [0, 0.1) is 0 Å². The molecule has 1 amide bonds. The van der Waals surface area contributed by atoms with Gasteiger partial charge in [-0.3, -0.25) is 9.59 Å². The highest BCUT2D eigenvalue weighted by atomic mass is 16.5. The average molecular weight is 502 g/mol. The molecule has 192 valence electrons. The van der Waals surface area contributed by atoms with Gasteiger partial charge in [-0.25, -0.2) is 9.97 Å². The van der Waals surface area contributed by atoms with Crippen LogP contribution in [0.1, 0.15) is 53.9 Å². The third kappa shape index (κ3) is 5.54. The number of rotatable bonds is 8. The number of methoxy groups -OCH3 is 1. The van der Waals surface area contributed by atoms with Gasteiger partial charge < -0.3 is 26.0 Å². The van der Waals surface area contributed by atoms with Crippen molar-refractivity contribution in [1.29, 1.82) is 0 Å². The molecule has 10 heteroatoms. The van der Waals surface area contributed by atoms with Gasteiger partial charge in [0.1, 0.15) is 22.6 Å². The van der Waals surface area contributed by atoms with E-state index in [1.54, 1.807) is 32.0 Å². The van der Waals surface area contributed by atoms with E-state index in [2.05, 4.69) is 48.4 Å². The molecule has 1 aliphatic heterocycles. The first-order chi connectivity index (χ1) is 17.8. The van der Waals surface area contributed by atoms with E-state index in [9.17, 15) is 9.59 Å². The zero-order valence-electron chi connectivity index (χ0n) is 21.2. The summed E-state index contributed by atoms with van der Waals surface area (Å²) >= 11 is 0. The predicted molar refractivity (Wildman–Crippen MR) is 140 cm³/mol. The highest BCUT2D eigenvalue weighted by molar-refractivity contribution is 5.99. The summed E-state index contributed by atoms with van der Waals surface area (Å²) in [6, 6.07) is 11.7. The zero-order valence-corrected chi connectivity index (χ0v) is 21.2. The molecule has 1 aliphatic carbocycles. The molecule has 0 radical (unpaired) electrons. The molecular weight excluding hydrogens is 470 g/mol. The maximum atomic E-state index is 13.0. The number of hydrogen-bond acceptors (Lipinski definition) is 9. The summed E-state index contributed by atoms with van der Waals surface area (Å²) in [5, 5.41) is 12.8. The molecule has 3 heterocycles. The van der Waals surface area contributed by atoms with Crippen LogP contribution in [0.25, 0.3) is 0 Å². The number of benzene rings is 1. The molecule has 5 rings (SSSR count). The van der Waals surface area contributed by atoms with E-state index < -0.39 is 11.4 Å². The molecule has 0 spiro atoms. The Bertz CT molecular complexity index is 1340. The van der Waals surface area contributed by atoms with E-state index in [0.717, 1.165) is 38.0 Å². The second kappa shape index (κ2) is 10.1. The second-order valence-electron chi connectivity index (χ2n) is 9.89. The van der Waals surface area contributed by atoms with Crippen LogP contribution < -0.4 is 21.3 Å². The minimum atomic E-state index is -0.945. The molecule has 3 aromatic rings. The third-order valence-electron chi connectivity index (χ3n) is 6.63. The first kappa shape index (κ1) is 24.6. The fourth-order valence-electron chi connectivity index (χ4n) is 4.21. The summed E-state index contributed by atoms with van der Waals surface area (Å²) in [5.74, 6) is 0.476. The number of esters is 1. The lowest BCUT2D eigenvalue weighted by molar-refractivity contribution is -0.146. The van der Waals surface area contributed by atoms with Crippen LogP contribution in [0.2, 0.25) is 0 Å². The Morgan fingerprint density at radius 2 is 1.92 bits per heavy atom. The van der Waals surface area contributed by atoms with Crippen molar-refractivity contribution in [1.82, 2.24) is 25.6 Å². The molecule has 4 N–H and O–H groups in total. The number of nitrogens with zero attached hydrogens (tertiary/aromatic N) is 3. The lowest BCUT2D eigenvalue weighted by Crippen LogP contribution is -2.31. The summed E-state index contributed by atoms with van der Waals surface area (Å²) < 4.78 is 4.94. The Morgan fingerprint density at radius 1 is 1.08 bits per heavy atom. The van der Waals surface area contributed by atoms with E-state index >= 15 is 0 Å². The number of nitrogens with one attached hydrogen (secondary N) is 4. The molecule has 10 nitrogen and oxygen atoms in total. The largest absolute Gasteiger partial charge is 0.468 e. The van der Waals surface area contributed by atoms with Crippen LogP contribution in [0.4, 0.5) is 23.3 Å². The number of aromatic nitrogens is 3. The van der Waals surface area contributed by atoms with Gasteiger partial charge in [0.15, 0.2) is 0 Å². The van der Waals surface area contributed by atoms with Gasteiger partial charge >= 0.3 is 5.97 Å². The normalized spacial score (nSPS) is 14.9. The summed E-state index contributed by atoms with van der Waals surface area (Å²) in [7, 11) is 1.35. The molecule has 1 saturated carbocycles. The number of hydrogen-bond donors (Lipinski definition) is 4. The number of carbonyl (C=O) groups excluding carboxylic acids is 2. The van der Waals surface area contributed by atoms with Gasteiger partial charge in [-0.05, 0) is 75.0 Å². The van der Waals surface area contributed by atoms with Crippen LogP contribution >= 0.6 is 0 Å². The Kier molecular flexibility index (Phi) is 6.75. The molecule has 0 saturated heterocycles. The lowest BCUT2D eigenvalue weighted by Gasteiger charge is -2.21. The zero-order chi connectivity index (χ0) is 26.0. The van der Waals surface area contributed by atoms with Crippen molar-refractivity contribution in [3.05, 3.63) is 65.0 Å². The van der Waals surface area contributed by atoms with Gasteiger partial charge in [0, 0.05) is 24.5 Å². The molecule has 2 aliphatic rings. The number of carbonyl (C=O) groups is 2. The van der Waals surface area contributed by atoms with Crippen LogP contribution in [0.15, 0.2) is 42.6 Å². The van der Waals surface area contributed by atoms with Crippen LogP contribution in [-0.4, -0.2) is 46.5 Å². The van der Waals surface area contributed by atoms with Crippen molar-refractivity contribution in [3.8, 4) is 0 Å². The van der Waals surface area contributed by atoms with Gasteiger partial charge in [0.25, 0.3) is 5.91 Å². The number of anilines is 4. The monoisotopic (exact) mass is 501 g/mol. The van der Waals surface area contributed by atoms with Gasteiger partial charge in [-0.15, -0.1) is 0 Å². The molecule has 1 fully saturated rings.